The summed E-state index contributed by atoms with van der Waals surface area (Å²) in [7, 11) is 0. The van der Waals surface area contributed by atoms with Crippen molar-refractivity contribution in [3.05, 3.63) is 92.6 Å². The molecule has 1 aromatic carbocycles. The van der Waals surface area contributed by atoms with Gasteiger partial charge in [0.15, 0.2) is 5.76 Å². The predicted molar refractivity (Wildman–Crippen MR) is 109 cm³/mol. The number of aromatic nitrogens is 1. The highest BCUT2D eigenvalue weighted by molar-refractivity contribution is 7.12. The minimum Gasteiger partial charge on any atom is -0.503 e. The number of nitrogens with zero attached hydrogens (tertiary/aromatic N) is 2. The Morgan fingerprint density at radius 1 is 1.25 bits per heavy atom. The minimum absolute atomic E-state index is 0.0507. The molecule has 0 bridgehead atoms. The number of benzene rings is 1. The van der Waals surface area contributed by atoms with E-state index >= 15 is 0 Å². The summed E-state index contributed by atoms with van der Waals surface area (Å²) in [5.74, 6) is -1.54. The van der Waals surface area contributed by atoms with Gasteiger partial charge in [-0.05, 0) is 53.8 Å². The standard InChI is InChI=1S/C21H15ClN2O3S/c1-12-10-14(22)6-7-15(12)24-18(13-4-2-8-23-11-13)17(20(26)21(24)27)19(25)16-5-3-9-28-16/h2-11,18,26H,1H3. The molecule has 28 heavy (non-hydrogen) atoms. The van der Waals surface area contributed by atoms with Crippen LogP contribution in [0, 0.1) is 6.92 Å². The van der Waals surface area contributed by atoms with Gasteiger partial charge in [-0.1, -0.05) is 23.7 Å². The van der Waals surface area contributed by atoms with Crippen molar-refractivity contribution >= 4 is 40.3 Å². The number of aliphatic hydroxyl groups is 1. The second-order valence-electron chi connectivity index (χ2n) is 6.36. The number of ketones is 1. The van der Waals surface area contributed by atoms with Gasteiger partial charge in [0.1, 0.15) is 0 Å². The molecule has 1 aliphatic heterocycles. The van der Waals surface area contributed by atoms with Crippen molar-refractivity contribution in [3.63, 3.8) is 0 Å². The van der Waals surface area contributed by atoms with Crippen LogP contribution in [0.15, 0.2) is 71.6 Å². The Kier molecular flexibility index (Phi) is 4.75. The molecule has 0 radical (unpaired) electrons. The molecule has 0 spiro atoms. The highest BCUT2D eigenvalue weighted by atomic mass is 35.5. The van der Waals surface area contributed by atoms with Gasteiger partial charge in [-0.2, -0.15) is 0 Å². The maximum absolute atomic E-state index is 13.1. The number of amides is 1. The second kappa shape index (κ2) is 7.22. The van der Waals surface area contributed by atoms with Gasteiger partial charge in [-0.25, -0.2) is 0 Å². The number of pyridine rings is 1. The lowest BCUT2D eigenvalue weighted by molar-refractivity contribution is -0.117. The van der Waals surface area contributed by atoms with E-state index < -0.39 is 17.7 Å². The summed E-state index contributed by atoms with van der Waals surface area (Å²) >= 11 is 7.33. The molecule has 7 heteroatoms. The van der Waals surface area contributed by atoms with Crippen LogP contribution < -0.4 is 4.90 Å². The van der Waals surface area contributed by atoms with E-state index in [0.717, 1.165) is 5.56 Å². The number of aryl methyl sites for hydroxylation is 1. The molecule has 140 valence electrons. The van der Waals surface area contributed by atoms with E-state index in [0.29, 0.717) is 21.2 Å². The van der Waals surface area contributed by atoms with Gasteiger partial charge in [0.25, 0.3) is 5.91 Å². The molecule has 1 unspecified atom stereocenters. The Hall–Kier alpha value is -2.96. The summed E-state index contributed by atoms with van der Waals surface area (Å²) in [6, 6.07) is 11.3. The zero-order chi connectivity index (χ0) is 19.8. The van der Waals surface area contributed by atoms with Gasteiger partial charge < -0.3 is 5.11 Å². The fourth-order valence-electron chi connectivity index (χ4n) is 3.37. The van der Waals surface area contributed by atoms with Crippen molar-refractivity contribution in [2.24, 2.45) is 0 Å². The maximum atomic E-state index is 13.1. The first-order valence-electron chi connectivity index (χ1n) is 8.50. The van der Waals surface area contributed by atoms with Crippen LogP contribution in [-0.4, -0.2) is 21.8 Å². The van der Waals surface area contributed by atoms with Crippen molar-refractivity contribution in [2.75, 3.05) is 4.90 Å². The third kappa shape index (κ3) is 3.00. The molecule has 1 aliphatic rings. The van der Waals surface area contributed by atoms with Crippen LogP contribution in [-0.2, 0) is 4.79 Å². The third-order valence-corrected chi connectivity index (χ3v) is 5.72. The summed E-state index contributed by atoms with van der Waals surface area (Å²) in [5.41, 5.74) is 2.01. The molecule has 0 aliphatic carbocycles. The zero-order valence-electron chi connectivity index (χ0n) is 14.8. The lowest BCUT2D eigenvalue weighted by Gasteiger charge is -2.28. The number of carbonyl (C=O) groups excluding carboxylic acids is 2. The second-order valence-corrected chi connectivity index (χ2v) is 7.75. The Balaban J connectivity index is 1.90. The van der Waals surface area contributed by atoms with E-state index in [9.17, 15) is 14.7 Å². The van der Waals surface area contributed by atoms with Gasteiger partial charge in [-0.3, -0.25) is 19.5 Å². The monoisotopic (exact) mass is 410 g/mol. The molecule has 1 amide bonds. The highest BCUT2D eigenvalue weighted by Crippen LogP contribution is 2.43. The van der Waals surface area contributed by atoms with Crippen LogP contribution in [0.1, 0.15) is 26.8 Å². The van der Waals surface area contributed by atoms with Gasteiger partial charge in [0.05, 0.1) is 16.5 Å². The number of halogens is 1. The normalized spacial score (nSPS) is 16.7. The Morgan fingerprint density at radius 3 is 2.71 bits per heavy atom. The number of hydrogen-bond acceptors (Lipinski definition) is 5. The van der Waals surface area contributed by atoms with Gasteiger partial charge in [0, 0.05) is 23.1 Å². The molecular weight excluding hydrogens is 396 g/mol. The highest BCUT2D eigenvalue weighted by Gasteiger charge is 2.45. The van der Waals surface area contributed by atoms with E-state index in [-0.39, 0.29) is 11.4 Å². The fourth-order valence-corrected chi connectivity index (χ4v) is 4.27. The van der Waals surface area contributed by atoms with Crippen LogP contribution in [0.5, 0.6) is 0 Å². The number of hydrogen-bond donors (Lipinski definition) is 1. The molecule has 0 saturated carbocycles. The third-order valence-electron chi connectivity index (χ3n) is 4.62. The van der Waals surface area contributed by atoms with Crippen molar-refractivity contribution in [2.45, 2.75) is 13.0 Å². The van der Waals surface area contributed by atoms with E-state index in [1.165, 1.54) is 16.2 Å². The van der Waals surface area contributed by atoms with Crippen molar-refractivity contribution < 1.29 is 14.7 Å². The van der Waals surface area contributed by atoms with Crippen LogP contribution in [0.2, 0.25) is 5.02 Å². The van der Waals surface area contributed by atoms with Crippen LogP contribution in [0.4, 0.5) is 5.69 Å². The fraction of sp³-hybridized carbons (Fsp3) is 0.0952. The van der Waals surface area contributed by atoms with Crippen LogP contribution in [0.3, 0.4) is 0 Å². The first-order chi connectivity index (χ1) is 13.5. The minimum atomic E-state index is -0.782. The van der Waals surface area contributed by atoms with E-state index in [1.807, 2.05) is 6.92 Å². The quantitative estimate of drug-likeness (QED) is 0.622. The average Bonchev–Trinajstić information content (AvgIpc) is 3.31. The SMILES string of the molecule is Cc1cc(Cl)ccc1N1C(=O)C(O)=C(C(=O)c2cccs2)C1c1cccnc1. The van der Waals surface area contributed by atoms with Crippen molar-refractivity contribution in [1.82, 2.24) is 4.98 Å². The molecule has 0 fully saturated rings. The number of thiophene rings is 1. The molecule has 1 N–H and O–H groups in total. The molecule has 3 aromatic rings. The number of carbonyl (C=O) groups is 2. The topological polar surface area (TPSA) is 70.5 Å². The number of Topliss-reactive ketones (excluding diaryl/α,β-unsaturated/α-hetero) is 1. The van der Waals surface area contributed by atoms with Gasteiger partial charge >= 0.3 is 0 Å². The Bertz CT molecular complexity index is 1090. The maximum Gasteiger partial charge on any atom is 0.294 e. The average molecular weight is 411 g/mol. The van der Waals surface area contributed by atoms with Crippen molar-refractivity contribution in [3.8, 4) is 0 Å². The molecule has 2 aromatic heterocycles. The van der Waals surface area contributed by atoms with E-state index in [4.69, 9.17) is 11.6 Å². The summed E-state index contributed by atoms with van der Waals surface area (Å²) in [6.07, 6.45) is 3.21. The Labute approximate surface area is 170 Å². The molecule has 4 rings (SSSR count). The first-order valence-corrected chi connectivity index (χ1v) is 9.75. The number of aliphatic hydroxyl groups excluding tert-OH is 1. The smallest absolute Gasteiger partial charge is 0.294 e. The number of rotatable bonds is 4. The summed E-state index contributed by atoms with van der Waals surface area (Å²) in [5, 5.41) is 13.0. The summed E-state index contributed by atoms with van der Waals surface area (Å²) in [6.45, 7) is 1.82. The molecular formula is C21H15ClN2O3S. The summed E-state index contributed by atoms with van der Waals surface area (Å²) in [4.78, 5) is 32.2. The van der Waals surface area contributed by atoms with Crippen LogP contribution >= 0.6 is 22.9 Å². The van der Waals surface area contributed by atoms with E-state index in [1.54, 1.807) is 60.2 Å². The van der Waals surface area contributed by atoms with Crippen molar-refractivity contribution in [1.29, 1.82) is 0 Å². The van der Waals surface area contributed by atoms with Gasteiger partial charge in [-0.15, -0.1) is 11.3 Å². The number of anilines is 1. The largest absolute Gasteiger partial charge is 0.503 e. The lowest BCUT2D eigenvalue weighted by Crippen LogP contribution is -2.31. The molecule has 0 saturated heterocycles. The molecule has 1 atom stereocenters. The lowest BCUT2D eigenvalue weighted by atomic mass is 9.96. The zero-order valence-corrected chi connectivity index (χ0v) is 16.4. The van der Waals surface area contributed by atoms with Gasteiger partial charge in [0.2, 0.25) is 5.78 Å². The summed E-state index contributed by atoms with van der Waals surface area (Å²) < 4.78 is 0. The molecule has 3 heterocycles. The van der Waals surface area contributed by atoms with Crippen LogP contribution in [0.25, 0.3) is 0 Å². The first kappa shape index (κ1) is 18.4. The predicted octanol–water partition coefficient (Wildman–Crippen LogP) is 4.89. The Morgan fingerprint density at radius 2 is 2.07 bits per heavy atom. The van der Waals surface area contributed by atoms with E-state index in [2.05, 4.69) is 4.98 Å². The molecule has 5 nitrogen and oxygen atoms in total.